The molecule has 2 aromatic carbocycles. The second-order valence-corrected chi connectivity index (χ2v) is 6.87. The van der Waals surface area contributed by atoms with Gasteiger partial charge in [0.1, 0.15) is 0 Å². The third kappa shape index (κ3) is 6.85. The van der Waals surface area contributed by atoms with Crippen molar-refractivity contribution in [3.63, 3.8) is 0 Å². The minimum Gasteiger partial charge on any atom is -0.309 e. The molecule has 1 heterocycles. The maximum Gasteiger partial charge on any atom is 0.416 e. The van der Waals surface area contributed by atoms with Gasteiger partial charge in [-0.05, 0) is 53.4 Å². The lowest BCUT2D eigenvalue weighted by Gasteiger charge is -2.15. The Labute approximate surface area is 193 Å². The van der Waals surface area contributed by atoms with Gasteiger partial charge in [-0.25, -0.2) is 0 Å². The molecule has 0 saturated carbocycles. The van der Waals surface area contributed by atoms with Crippen LogP contribution in [0.15, 0.2) is 60.9 Å². The number of hydrogen-bond donors (Lipinski definition) is 1. The van der Waals surface area contributed by atoms with Crippen molar-refractivity contribution in [2.75, 3.05) is 0 Å². The molecule has 1 N–H and O–H groups in total. The van der Waals surface area contributed by atoms with Crippen molar-refractivity contribution in [1.29, 1.82) is 0 Å². The Balaban J connectivity index is 0.00000256. The second kappa shape index (κ2) is 11.0. The molecule has 10 heteroatoms. The summed E-state index contributed by atoms with van der Waals surface area (Å²) in [5.41, 5.74) is 0.937. The highest BCUT2D eigenvalue weighted by atomic mass is 35.5. The minimum atomic E-state index is -4.86. The Morgan fingerprint density at radius 3 is 1.94 bits per heavy atom. The predicted molar refractivity (Wildman–Crippen MR) is 116 cm³/mol. The minimum absolute atomic E-state index is 0. The fourth-order valence-electron chi connectivity index (χ4n) is 3.16. The molecule has 174 valence electrons. The highest BCUT2D eigenvalue weighted by Gasteiger charge is 2.36. The molecule has 32 heavy (non-hydrogen) atoms. The summed E-state index contributed by atoms with van der Waals surface area (Å²) in [6.07, 6.45) is -6.45. The van der Waals surface area contributed by atoms with Crippen LogP contribution in [0.25, 0.3) is 11.1 Å². The number of aromatic nitrogens is 1. The van der Waals surface area contributed by atoms with Gasteiger partial charge >= 0.3 is 12.4 Å². The molecule has 3 aromatic rings. The Morgan fingerprint density at radius 2 is 1.38 bits per heavy atom. The Kier molecular flexibility index (Phi) is 9.56. The molecule has 0 aliphatic rings. The van der Waals surface area contributed by atoms with Gasteiger partial charge < -0.3 is 5.32 Å². The van der Waals surface area contributed by atoms with Crippen LogP contribution in [0.2, 0.25) is 0 Å². The van der Waals surface area contributed by atoms with E-state index in [-0.39, 0.29) is 49.5 Å². The summed E-state index contributed by atoms with van der Waals surface area (Å²) in [5, 5.41) is 2.94. The zero-order valence-electron chi connectivity index (χ0n) is 16.7. The quantitative estimate of drug-likeness (QED) is 0.377. The molecule has 0 atom stereocenters. The van der Waals surface area contributed by atoms with Crippen molar-refractivity contribution in [2.45, 2.75) is 32.4 Å². The van der Waals surface area contributed by atoms with Crippen LogP contribution in [0.1, 0.15) is 27.8 Å². The fraction of sp³-hybridized carbons (Fsp3) is 0.227. The van der Waals surface area contributed by atoms with Crippen molar-refractivity contribution >= 4 is 24.8 Å². The van der Waals surface area contributed by atoms with E-state index in [4.69, 9.17) is 0 Å². The predicted octanol–water partition coefficient (Wildman–Crippen LogP) is 7.23. The Bertz CT molecular complexity index is 1000. The first-order valence-corrected chi connectivity index (χ1v) is 9.03. The molecule has 3 rings (SSSR count). The lowest BCUT2D eigenvalue weighted by atomic mass is 9.98. The number of nitrogens with zero attached hydrogens (tertiary/aromatic N) is 1. The molecule has 0 radical (unpaired) electrons. The molecule has 2 nitrogen and oxygen atoms in total. The Hall–Kier alpha value is -2.29. The first kappa shape index (κ1) is 27.7. The first-order valence-electron chi connectivity index (χ1n) is 9.03. The van der Waals surface area contributed by atoms with E-state index in [1.54, 1.807) is 18.5 Å². The van der Waals surface area contributed by atoms with Crippen molar-refractivity contribution < 1.29 is 26.3 Å². The van der Waals surface area contributed by atoms with Gasteiger partial charge in [0.2, 0.25) is 0 Å². The maximum absolute atomic E-state index is 13.0. The molecule has 0 saturated heterocycles. The highest BCUT2D eigenvalue weighted by Crippen LogP contribution is 2.36. The van der Waals surface area contributed by atoms with E-state index >= 15 is 0 Å². The molecule has 0 bridgehead atoms. The van der Waals surface area contributed by atoms with E-state index in [0.29, 0.717) is 0 Å². The molecule has 1 aromatic heterocycles. The number of benzene rings is 2. The van der Waals surface area contributed by atoms with E-state index in [0.717, 1.165) is 34.4 Å². The van der Waals surface area contributed by atoms with Crippen LogP contribution in [-0.2, 0) is 25.4 Å². The van der Waals surface area contributed by atoms with Crippen LogP contribution in [-0.4, -0.2) is 4.98 Å². The van der Waals surface area contributed by atoms with Gasteiger partial charge in [0.15, 0.2) is 0 Å². The van der Waals surface area contributed by atoms with Gasteiger partial charge in [-0.3, -0.25) is 4.98 Å². The molecule has 0 aliphatic carbocycles. The topological polar surface area (TPSA) is 24.9 Å². The zero-order chi connectivity index (χ0) is 21.9. The SMILES string of the molecule is Cc1ccccc1-c1cnccc1CNCc1cc(C(F)(F)F)cc(C(F)(F)F)c1.Cl.Cl. The van der Waals surface area contributed by atoms with Crippen molar-refractivity contribution in [3.05, 3.63) is 88.7 Å². The van der Waals surface area contributed by atoms with Crippen LogP contribution < -0.4 is 5.32 Å². The lowest BCUT2D eigenvalue weighted by molar-refractivity contribution is -0.143. The van der Waals surface area contributed by atoms with Crippen molar-refractivity contribution in [3.8, 4) is 11.1 Å². The van der Waals surface area contributed by atoms with Crippen LogP contribution in [0.4, 0.5) is 26.3 Å². The van der Waals surface area contributed by atoms with Crippen molar-refractivity contribution in [2.24, 2.45) is 0 Å². The average Bonchev–Trinajstić information content (AvgIpc) is 2.67. The maximum atomic E-state index is 13.0. The van der Waals surface area contributed by atoms with E-state index in [9.17, 15) is 26.3 Å². The average molecular weight is 497 g/mol. The van der Waals surface area contributed by atoms with Crippen LogP contribution in [0.3, 0.4) is 0 Å². The summed E-state index contributed by atoms with van der Waals surface area (Å²) < 4.78 is 78.0. The van der Waals surface area contributed by atoms with Gasteiger partial charge in [-0.1, -0.05) is 24.3 Å². The summed E-state index contributed by atoms with van der Waals surface area (Å²) in [6.45, 7) is 2.05. The molecular weight excluding hydrogens is 477 g/mol. The third-order valence-electron chi connectivity index (χ3n) is 4.64. The number of nitrogens with one attached hydrogen (secondary N) is 1. The summed E-state index contributed by atoms with van der Waals surface area (Å²) in [4.78, 5) is 4.13. The largest absolute Gasteiger partial charge is 0.416 e. The van der Waals surface area contributed by atoms with Gasteiger partial charge in [0, 0.05) is 31.0 Å². The summed E-state index contributed by atoms with van der Waals surface area (Å²) in [5.74, 6) is 0. The molecule has 0 aliphatic heterocycles. The number of hydrogen-bond acceptors (Lipinski definition) is 2. The first-order chi connectivity index (χ1) is 14.1. The van der Waals surface area contributed by atoms with Gasteiger partial charge in [-0.2, -0.15) is 26.3 Å². The number of rotatable bonds is 5. The standard InChI is InChI=1S/C22H18F6N2.2ClH/c1-14-4-2-3-5-19(14)20-13-29-7-6-16(20)12-30-11-15-8-17(21(23,24)25)10-18(9-15)22(26,27)28;;/h2-10,13,30H,11-12H2,1H3;2*1H. The molecule has 0 unspecified atom stereocenters. The fourth-order valence-corrected chi connectivity index (χ4v) is 3.16. The number of halogens is 8. The molecule has 0 amide bonds. The van der Waals surface area contributed by atoms with Crippen LogP contribution in [0.5, 0.6) is 0 Å². The van der Waals surface area contributed by atoms with Gasteiger partial charge in [-0.15, -0.1) is 24.8 Å². The summed E-state index contributed by atoms with van der Waals surface area (Å²) >= 11 is 0. The highest BCUT2D eigenvalue weighted by molar-refractivity contribution is 5.85. The van der Waals surface area contributed by atoms with E-state index in [1.165, 1.54) is 0 Å². The molecular formula is C22H20Cl2F6N2. The monoisotopic (exact) mass is 496 g/mol. The van der Waals surface area contributed by atoms with E-state index < -0.39 is 23.5 Å². The van der Waals surface area contributed by atoms with E-state index in [1.807, 2.05) is 31.2 Å². The zero-order valence-corrected chi connectivity index (χ0v) is 18.4. The second-order valence-electron chi connectivity index (χ2n) is 6.87. The van der Waals surface area contributed by atoms with Gasteiger partial charge in [0.25, 0.3) is 0 Å². The van der Waals surface area contributed by atoms with Crippen molar-refractivity contribution in [1.82, 2.24) is 10.3 Å². The smallest absolute Gasteiger partial charge is 0.309 e. The van der Waals surface area contributed by atoms with E-state index in [2.05, 4.69) is 10.3 Å². The normalized spacial score (nSPS) is 11.5. The lowest BCUT2D eigenvalue weighted by Crippen LogP contribution is -2.16. The number of aryl methyl sites for hydroxylation is 1. The molecule has 0 fully saturated rings. The third-order valence-corrected chi connectivity index (χ3v) is 4.64. The van der Waals surface area contributed by atoms with Crippen LogP contribution in [0, 0.1) is 6.92 Å². The van der Waals surface area contributed by atoms with Gasteiger partial charge in [0.05, 0.1) is 11.1 Å². The number of alkyl halides is 6. The number of pyridine rings is 1. The summed E-state index contributed by atoms with van der Waals surface area (Å²) in [6, 6.07) is 11.0. The molecule has 0 spiro atoms. The van der Waals surface area contributed by atoms with Crippen LogP contribution >= 0.6 is 24.8 Å². The summed E-state index contributed by atoms with van der Waals surface area (Å²) in [7, 11) is 0. The Morgan fingerprint density at radius 1 is 0.781 bits per heavy atom.